The highest BCUT2D eigenvalue weighted by molar-refractivity contribution is 5.27. The lowest BCUT2D eigenvalue weighted by Crippen LogP contribution is -2.24. The minimum atomic E-state index is 0.502. The summed E-state index contributed by atoms with van der Waals surface area (Å²) in [6.45, 7) is 4.35. The molecule has 0 saturated carbocycles. The van der Waals surface area contributed by atoms with Crippen LogP contribution in [-0.2, 0) is 6.42 Å². The highest BCUT2D eigenvalue weighted by Crippen LogP contribution is 2.11. The molecule has 1 aliphatic heterocycles. The maximum absolute atomic E-state index is 4.30. The van der Waals surface area contributed by atoms with Gasteiger partial charge in [-0.25, -0.2) is 9.97 Å². The predicted molar refractivity (Wildman–Crippen MR) is 60.9 cm³/mol. The molecule has 15 heavy (non-hydrogen) atoms. The van der Waals surface area contributed by atoms with Crippen molar-refractivity contribution in [2.45, 2.75) is 25.8 Å². The van der Waals surface area contributed by atoms with Crippen LogP contribution in [0.25, 0.3) is 0 Å². The van der Waals surface area contributed by atoms with Crippen LogP contribution in [0.4, 0.5) is 5.95 Å². The summed E-state index contributed by atoms with van der Waals surface area (Å²) in [5.41, 5.74) is 1.18. The van der Waals surface area contributed by atoms with Gasteiger partial charge in [0.2, 0.25) is 5.95 Å². The normalized spacial score (nSPS) is 21.9. The third kappa shape index (κ3) is 2.65. The number of aromatic nitrogens is 2. The third-order valence-electron chi connectivity index (χ3n) is 2.84. The predicted octanol–water partition coefficient (Wildman–Crippen LogP) is 1.15. The maximum atomic E-state index is 4.30. The molecule has 1 aliphatic rings. The maximum Gasteiger partial charge on any atom is 0.222 e. The average Bonchev–Trinajstić information content (AvgIpc) is 2.65. The van der Waals surface area contributed by atoms with E-state index < -0.39 is 0 Å². The Hall–Kier alpha value is -1.16. The van der Waals surface area contributed by atoms with E-state index in [1.54, 1.807) is 0 Å². The Balaban J connectivity index is 1.93. The first-order valence-electron chi connectivity index (χ1n) is 5.54. The Bertz CT molecular complexity index is 309. The summed E-state index contributed by atoms with van der Waals surface area (Å²) in [6, 6.07) is 0.502. The second kappa shape index (κ2) is 4.57. The van der Waals surface area contributed by atoms with Gasteiger partial charge >= 0.3 is 0 Å². The fourth-order valence-corrected chi connectivity index (χ4v) is 1.85. The molecule has 2 rings (SSSR count). The standard InChI is InChI=1S/C11H18N4/c1-3-9-6-12-11(13-7-9)14-10-4-5-15(2)8-10/h6-7,10H,3-5,8H2,1-2H3,(H,12,13,14). The van der Waals surface area contributed by atoms with Gasteiger partial charge in [-0.1, -0.05) is 6.92 Å². The van der Waals surface area contributed by atoms with Crippen molar-refractivity contribution in [2.24, 2.45) is 0 Å². The van der Waals surface area contributed by atoms with Crippen LogP contribution >= 0.6 is 0 Å². The molecule has 0 amide bonds. The van der Waals surface area contributed by atoms with Gasteiger partial charge in [-0.05, 0) is 32.0 Å². The number of likely N-dealkylation sites (N-methyl/N-ethyl adjacent to an activating group) is 1. The summed E-state index contributed by atoms with van der Waals surface area (Å²) in [6.07, 6.45) is 5.96. The zero-order valence-corrected chi connectivity index (χ0v) is 9.40. The van der Waals surface area contributed by atoms with Crippen molar-refractivity contribution in [1.82, 2.24) is 14.9 Å². The van der Waals surface area contributed by atoms with Crippen molar-refractivity contribution in [3.8, 4) is 0 Å². The van der Waals surface area contributed by atoms with Crippen molar-refractivity contribution in [2.75, 3.05) is 25.5 Å². The minimum absolute atomic E-state index is 0.502. The number of hydrogen-bond acceptors (Lipinski definition) is 4. The molecule has 0 aromatic carbocycles. The lowest BCUT2D eigenvalue weighted by Gasteiger charge is -2.12. The highest BCUT2D eigenvalue weighted by atomic mass is 15.2. The van der Waals surface area contributed by atoms with Gasteiger partial charge in [-0.3, -0.25) is 0 Å². The number of nitrogens with zero attached hydrogens (tertiary/aromatic N) is 3. The zero-order valence-electron chi connectivity index (χ0n) is 9.40. The molecule has 0 spiro atoms. The average molecular weight is 206 g/mol. The molecular formula is C11H18N4. The van der Waals surface area contributed by atoms with E-state index in [0.29, 0.717) is 6.04 Å². The lowest BCUT2D eigenvalue weighted by molar-refractivity contribution is 0.414. The topological polar surface area (TPSA) is 41.1 Å². The Labute approximate surface area is 90.7 Å². The van der Waals surface area contributed by atoms with E-state index in [1.807, 2.05) is 12.4 Å². The summed E-state index contributed by atoms with van der Waals surface area (Å²) < 4.78 is 0. The lowest BCUT2D eigenvalue weighted by atomic mass is 10.2. The number of rotatable bonds is 3. The van der Waals surface area contributed by atoms with Crippen molar-refractivity contribution in [3.63, 3.8) is 0 Å². The minimum Gasteiger partial charge on any atom is -0.350 e. The fourth-order valence-electron chi connectivity index (χ4n) is 1.85. The Morgan fingerprint density at radius 2 is 2.20 bits per heavy atom. The van der Waals surface area contributed by atoms with Gasteiger partial charge in [0, 0.05) is 25.0 Å². The number of anilines is 1. The molecule has 1 saturated heterocycles. The molecule has 0 bridgehead atoms. The molecule has 0 radical (unpaired) electrons. The molecule has 82 valence electrons. The van der Waals surface area contributed by atoms with Gasteiger partial charge in [0.25, 0.3) is 0 Å². The number of likely N-dealkylation sites (tertiary alicyclic amines) is 1. The second-order valence-corrected chi connectivity index (χ2v) is 4.16. The van der Waals surface area contributed by atoms with Crippen LogP contribution in [0.1, 0.15) is 18.9 Å². The second-order valence-electron chi connectivity index (χ2n) is 4.16. The first-order chi connectivity index (χ1) is 7.28. The van der Waals surface area contributed by atoms with Crippen LogP contribution in [-0.4, -0.2) is 41.0 Å². The van der Waals surface area contributed by atoms with Gasteiger partial charge in [0.05, 0.1) is 0 Å². The summed E-state index contributed by atoms with van der Waals surface area (Å²) in [7, 11) is 2.14. The van der Waals surface area contributed by atoms with Crippen molar-refractivity contribution < 1.29 is 0 Å². The van der Waals surface area contributed by atoms with Gasteiger partial charge in [-0.2, -0.15) is 0 Å². The fraction of sp³-hybridized carbons (Fsp3) is 0.636. The summed E-state index contributed by atoms with van der Waals surface area (Å²) in [4.78, 5) is 10.9. The molecule has 2 heterocycles. The van der Waals surface area contributed by atoms with E-state index in [4.69, 9.17) is 0 Å². The van der Waals surface area contributed by atoms with E-state index in [0.717, 1.165) is 25.5 Å². The molecule has 1 aromatic heterocycles. The number of aryl methyl sites for hydroxylation is 1. The van der Waals surface area contributed by atoms with Gasteiger partial charge < -0.3 is 10.2 Å². The van der Waals surface area contributed by atoms with Gasteiger partial charge in [-0.15, -0.1) is 0 Å². The van der Waals surface area contributed by atoms with Crippen molar-refractivity contribution >= 4 is 5.95 Å². The van der Waals surface area contributed by atoms with Gasteiger partial charge in [0.15, 0.2) is 0 Å². The van der Waals surface area contributed by atoms with Crippen LogP contribution in [0.15, 0.2) is 12.4 Å². The Kier molecular flexibility index (Phi) is 3.16. The Morgan fingerprint density at radius 3 is 2.73 bits per heavy atom. The monoisotopic (exact) mass is 206 g/mol. The SMILES string of the molecule is CCc1cnc(NC2CCN(C)C2)nc1. The van der Waals surface area contributed by atoms with Crippen LogP contribution < -0.4 is 5.32 Å². The molecule has 4 heteroatoms. The smallest absolute Gasteiger partial charge is 0.222 e. The molecule has 1 unspecified atom stereocenters. The summed E-state index contributed by atoms with van der Waals surface area (Å²) >= 11 is 0. The molecule has 1 N–H and O–H groups in total. The van der Waals surface area contributed by atoms with Crippen LogP contribution in [0.5, 0.6) is 0 Å². The Morgan fingerprint density at radius 1 is 1.47 bits per heavy atom. The molecule has 0 aliphatic carbocycles. The third-order valence-corrected chi connectivity index (χ3v) is 2.84. The van der Waals surface area contributed by atoms with Crippen LogP contribution in [0.3, 0.4) is 0 Å². The van der Waals surface area contributed by atoms with Gasteiger partial charge in [0.1, 0.15) is 0 Å². The first kappa shape index (κ1) is 10.4. The quantitative estimate of drug-likeness (QED) is 0.805. The molecule has 4 nitrogen and oxygen atoms in total. The van der Waals surface area contributed by atoms with E-state index in [2.05, 4.69) is 34.2 Å². The first-order valence-corrected chi connectivity index (χ1v) is 5.54. The molecule has 1 fully saturated rings. The van der Waals surface area contributed by atoms with Crippen LogP contribution in [0.2, 0.25) is 0 Å². The van der Waals surface area contributed by atoms with E-state index in [-0.39, 0.29) is 0 Å². The van der Waals surface area contributed by atoms with E-state index >= 15 is 0 Å². The van der Waals surface area contributed by atoms with Crippen molar-refractivity contribution in [3.05, 3.63) is 18.0 Å². The molecular weight excluding hydrogens is 188 g/mol. The zero-order chi connectivity index (χ0) is 10.7. The summed E-state index contributed by atoms with van der Waals surface area (Å²) in [5.74, 6) is 0.757. The van der Waals surface area contributed by atoms with E-state index in [1.165, 1.54) is 12.0 Å². The molecule has 1 aromatic rings. The number of nitrogens with one attached hydrogen (secondary N) is 1. The van der Waals surface area contributed by atoms with E-state index in [9.17, 15) is 0 Å². The summed E-state index contributed by atoms with van der Waals surface area (Å²) in [5, 5.41) is 3.36. The largest absolute Gasteiger partial charge is 0.350 e. The van der Waals surface area contributed by atoms with Crippen molar-refractivity contribution in [1.29, 1.82) is 0 Å². The van der Waals surface area contributed by atoms with Crippen LogP contribution in [0, 0.1) is 0 Å². The highest BCUT2D eigenvalue weighted by Gasteiger charge is 2.19. The molecule has 1 atom stereocenters. The number of hydrogen-bond donors (Lipinski definition) is 1.